The number of aromatic nitrogens is 2. The molecule has 1 saturated heterocycles. The van der Waals surface area contributed by atoms with Gasteiger partial charge in [0.25, 0.3) is 0 Å². The normalized spacial score (nSPS) is 25.7. The molecule has 0 bridgehead atoms. The van der Waals surface area contributed by atoms with Gasteiger partial charge in [0.05, 0.1) is 25.0 Å². The Kier molecular flexibility index (Phi) is 4.57. The summed E-state index contributed by atoms with van der Waals surface area (Å²) in [6, 6.07) is 0. The molecule has 1 aliphatic carbocycles. The van der Waals surface area contributed by atoms with Crippen LogP contribution >= 0.6 is 0 Å². The van der Waals surface area contributed by atoms with Crippen molar-refractivity contribution < 1.29 is 14.1 Å². The summed E-state index contributed by atoms with van der Waals surface area (Å²) < 4.78 is 10.8. The van der Waals surface area contributed by atoms with Gasteiger partial charge in [-0.2, -0.15) is 4.98 Å². The lowest BCUT2D eigenvalue weighted by Gasteiger charge is -2.33. The second-order valence-electron chi connectivity index (χ2n) is 6.24. The number of carbonyl (C=O) groups excluding carboxylic acids is 1. The lowest BCUT2D eigenvalue weighted by molar-refractivity contribution is -0.140. The molecule has 0 aromatic carbocycles. The maximum Gasteiger partial charge on any atom is 0.230 e. The predicted octanol–water partition coefficient (Wildman–Crippen LogP) is 2.10. The van der Waals surface area contributed by atoms with Gasteiger partial charge in [-0.25, -0.2) is 0 Å². The summed E-state index contributed by atoms with van der Waals surface area (Å²) in [4.78, 5) is 19.2. The number of amides is 1. The summed E-state index contributed by atoms with van der Waals surface area (Å²) in [6.07, 6.45) is 5.70. The van der Waals surface area contributed by atoms with Crippen LogP contribution in [0.3, 0.4) is 0 Å². The molecule has 0 radical (unpaired) electrons. The van der Waals surface area contributed by atoms with Gasteiger partial charge < -0.3 is 14.2 Å². The molecule has 1 fully saturated rings. The highest BCUT2D eigenvalue weighted by Crippen LogP contribution is 2.35. The van der Waals surface area contributed by atoms with E-state index in [0.717, 1.165) is 12.8 Å². The quantitative estimate of drug-likeness (QED) is 0.800. The SMILES string of the molecule is CC(C)c1noc([C@@H]2CC=CC[C@H]2C(=O)N2CCOCC2)n1. The lowest BCUT2D eigenvalue weighted by atomic mass is 9.81. The highest BCUT2D eigenvalue weighted by molar-refractivity contribution is 5.80. The van der Waals surface area contributed by atoms with Gasteiger partial charge in [0, 0.05) is 19.0 Å². The van der Waals surface area contributed by atoms with Crippen LogP contribution in [0.2, 0.25) is 0 Å². The molecule has 2 atom stereocenters. The number of rotatable bonds is 3. The number of ether oxygens (including phenoxy) is 1. The molecule has 1 amide bonds. The fourth-order valence-corrected chi connectivity index (χ4v) is 3.01. The third kappa shape index (κ3) is 3.06. The van der Waals surface area contributed by atoms with Crippen molar-refractivity contribution in [1.82, 2.24) is 15.0 Å². The van der Waals surface area contributed by atoms with Gasteiger partial charge in [0.2, 0.25) is 11.8 Å². The number of morpholine rings is 1. The van der Waals surface area contributed by atoms with Crippen molar-refractivity contribution in [3.05, 3.63) is 23.9 Å². The first-order chi connectivity index (χ1) is 10.7. The Morgan fingerprint density at radius 1 is 1.27 bits per heavy atom. The minimum absolute atomic E-state index is 0.0136. The summed E-state index contributed by atoms with van der Waals surface area (Å²) in [6.45, 7) is 6.66. The predicted molar refractivity (Wildman–Crippen MR) is 80.4 cm³/mol. The molecule has 3 rings (SSSR count). The van der Waals surface area contributed by atoms with Crippen LogP contribution in [0.1, 0.15) is 50.2 Å². The van der Waals surface area contributed by atoms with E-state index in [1.165, 1.54) is 0 Å². The molecule has 6 nitrogen and oxygen atoms in total. The molecule has 6 heteroatoms. The lowest BCUT2D eigenvalue weighted by Crippen LogP contribution is -2.45. The van der Waals surface area contributed by atoms with Crippen LogP contribution < -0.4 is 0 Å². The molecule has 120 valence electrons. The molecule has 0 unspecified atom stereocenters. The second-order valence-corrected chi connectivity index (χ2v) is 6.24. The molecular weight excluding hydrogens is 282 g/mol. The summed E-state index contributed by atoms with van der Waals surface area (Å²) in [5.41, 5.74) is 0. The van der Waals surface area contributed by atoms with Crippen LogP contribution in [0.5, 0.6) is 0 Å². The highest BCUT2D eigenvalue weighted by atomic mass is 16.5. The van der Waals surface area contributed by atoms with E-state index in [1.807, 2.05) is 18.7 Å². The maximum absolute atomic E-state index is 12.8. The van der Waals surface area contributed by atoms with E-state index in [4.69, 9.17) is 9.26 Å². The smallest absolute Gasteiger partial charge is 0.230 e. The fourth-order valence-electron chi connectivity index (χ4n) is 3.01. The van der Waals surface area contributed by atoms with E-state index in [1.54, 1.807) is 0 Å². The number of carbonyl (C=O) groups is 1. The monoisotopic (exact) mass is 305 g/mol. The molecule has 0 spiro atoms. The zero-order valence-electron chi connectivity index (χ0n) is 13.2. The average Bonchev–Trinajstić information content (AvgIpc) is 3.05. The minimum Gasteiger partial charge on any atom is -0.378 e. The summed E-state index contributed by atoms with van der Waals surface area (Å²) >= 11 is 0. The Balaban J connectivity index is 1.78. The summed E-state index contributed by atoms with van der Waals surface area (Å²) in [5, 5.41) is 4.04. The van der Waals surface area contributed by atoms with Crippen molar-refractivity contribution in [2.45, 2.75) is 38.5 Å². The molecular formula is C16H23N3O3. The molecule has 1 aromatic heterocycles. The first-order valence-corrected chi connectivity index (χ1v) is 8.02. The fraction of sp³-hybridized carbons (Fsp3) is 0.688. The maximum atomic E-state index is 12.8. The van der Waals surface area contributed by atoms with Crippen LogP contribution in [0.25, 0.3) is 0 Å². The second kappa shape index (κ2) is 6.60. The number of allylic oxidation sites excluding steroid dienone is 2. The average molecular weight is 305 g/mol. The zero-order valence-corrected chi connectivity index (χ0v) is 13.2. The van der Waals surface area contributed by atoms with Crippen molar-refractivity contribution in [2.75, 3.05) is 26.3 Å². The summed E-state index contributed by atoms with van der Waals surface area (Å²) in [7, 11) is 0. The van der Waals surface area contributed by atoms with Crippen molar-refractivity contribution in [1.29, 1.82) is 0 Å². The Morgan fingerprint density at radius 3 is 2.68 bits per heavy atom. The molecule has 2 heterocycles. The van der Waals surface area contributed by atoms with E-state index < -0.39 is 0 Å². The van der Waals surface area contributed by atoms with Crippen LogP contribution in [-0.2, 0) is 9.53 Å². The Morgan fingerprint density at radius 2 is 2.00 bits per heavy atom. The zero-order chi connectivity index (χ0) is 15.5. The molecule has 2 aliphatic rings. The van der Waals surface area contributed by atoms with Crippen molar-refractivity contribution in [3.8, 4) is 0 Å². The van der Waals surface area contributed by atoms with Gasteiger partial charge in [0.1, 0.15) is 0 Å². The van der Waals surface area contributed by atoms with Crippen molar-refractivity contribution in [2.24, 2.45) is 5.92 Å². The minimum atomic E-state index is -0.108. The highest BCUT2D eigenvalue weighted by Gasteiger charge is 2.36. The largest absolute Gasteiger partial charge is 0.378 e. The van der Waals surface area contributed by atoms with E-state index >= 15 is 0 Å². The number of hydrogen-bond acceptors (Lipinski definition) is 5. The third-order valence-corrected chi connectivity index (χ3v) is 4.36. The molecule has 22 heavy (non-hydrogen) atoms. The van der Waals surface area contributed by atoms with Crippen molar-refractivity contribution in [3.63, 3.8) is 0 Å². The van der Waals surface area contributed by atoms with Crippen LogP contribution in [0.4, 0.5) is 0 Å². The van der Waals surface area contributed by atoms with E-state index in [9.17, 15) is 4.79 Å². The number of hydrogen-bond donors (Lipinski definition) is 0. The Bertz CT molecular complexity index is 547. The van der Waals surface area contributed by atoms with Gasteiger partial charge >= 0.3 is 0 Å². The molecule has 1 aromatic rings. The third-order valence-electron chi connectivity index (χ3n) is 4.36. The van der Waals surface area contributed by atoms with Gasteiger partial charge in [-0.15, -0.1) is 0 Å². The summed E-state index contributed by atoms with van der Waals surface area (Å²) in [5.74, 6) is 1.60. The van der Waals surface area contributed by atoms with E-state index in [-0.39, 0.29) is 23.7 Å². The number of nitrogens with zero attached hydrogens (tertiary/aromatic N) is 3. The standard InChI is InChI=1S/C16H23N3O3/c1-11(2)14-17-15(22-18-14)12-5-3-4-6-13(12)16(20)19-7-9-21-10-8-19/h3-4,11-13H,5-10H2,1-2H3/t12-,13-/m1/s1. The van der Waals surface area contributed by atoms with Crippen molar-refractivity contribution >= 4 is 5.91 Å². The molecule has 0 N–H and O–H groups in total. The van der Waals surface area contributed by atoms with E-state index in [0.29, 0.717) is 38.0 Å². The van der Waals surface area contributed by atoms with Gasteiger partial charge in [0.15, 0.2) is 5.82 Å². The molecule has 1 aliphatic heterocycles. The van der Waals surface area contributed by atoms with E-state index in [2.05, 4.69) is 22.3 Å². The first kappa shape index (κ1) is 15.2. The topological polar surface area (TPSA) is 68.5 Å². The van der Waals surface area contributed by atoms with Crippen LogP contribution in [0.15, 0.2) is 16.7 Å². The van der Waals surface area contributed by atoms with Gasteiger partial charge in [-0.3, -0.25) is 4.79 Å². The van der Waals surface area contributed by atoms with Gasteiger partial charge in [-0.1, -0.05) is 31.2 Å². The Hall–Kier alpha value is -1.69. The van der Waals surface area contributed by atoms with Crippen LogP contribution in [-0.4, -0.2) is 47.3 Å². The van der Waals surface area contributed by atoms with Gasteiger partial charge in [-0.05, 0) is 12.8 Å². The van der Waals surface area contributed by atoms with Crippen LogP contribution in [0, 0.1) is 5.92 Å². The Labute approximate surface area is 130 Å². The first-order valence-electron chi connectivity index (χ1n) is 8.02. The molecule has 0 saturated carbocycles.